The first-order valence-electron chi connectivity index (χ1n) is 7.00. The SMILES string of the molecule is Fc1ccc2c(ccc3cnc(Oc4ccccc4)cc32)c1. The monoisotopic (exact) mass is 289 g/mol. The molecule has 22 heavy (non-hydrogen) atoms. The molecule has 106 valence electrons. The van der Waals surface area contributed by atoms with Crippen LogP contribution in [-0.4, -0.2) is 4.98 Å². The van der Waals surface area contributed by atoms with Gasteiger partial charge in [-0.3, -0.25) is 0 Å². The quantitative estimate of drug-likeness (QED) is 0.466. The number of halogens is 1. The van der Waals surface area contributed by atoms with Crippen LogP contribution < -0.4 is 4.74 Å². The summed E-state index contributed by atoms with van der Waals surface area (Å²) in [5.74, 6) is 1.03. The van der Waals surface area contributed by atoms with Gasteiger partial charge in [-0.1, -0.05) is 36.4 Å². The summed E-state index contributed by atoms with van der Waals surface area (Å²) in [6, 6.07) is 20.0. The van der Waals surface area contributed by atoms with E-state index in [4.69, 9.17) is 4.74 Å². The summed E-state index contributed by atoms with van der Waals surface area (Å²) in [5, 5.41) is 3.85. The topological polar surface area (TPSA) is 22.1 Å². The van der Waals surface area contributed by atoms with Crippen molar-refractivity contribution >= 4 is 21.5 Å². The van der Waals surface area contributed by atoms with Crippen LogP contribution >= 0.6 is 0 Å². The third-order valence-electron chi connectivity index (χ3n) is 3.62. The highest BCUT2D eigenvalue weighted by molar-refractivity contribution is 6.07. The predicted octanol–water partition coefficient (Wildman–Crippen LogP) is 5.32. The minimum atomic E-state index is -0.235. The summed E-state index contributed by atoms with van der Waals surface area (Å²) < 4.78 is 19.1. The molecule has 0 spiro atoms. The number of fused-ring (bicyclic) bond motifs is 3. The Morgan fingerprint density at radius 1 is 0.773 bits per heavy atom. The van der Waals surface area contributed by atoms with E-state index in [0.717, 1.165) is 27.3 Å². The molecule has 0 aliphatic carbocycles. The summed E-state index contributed by atoms with van der Waals surface area (Å²) in [6.45, 7) is 0. The molecule has 0 bridgehead atoms. The second-order valence-electron chi connectivity index (χ2n) is 5.09. The van der Waals surface area contributed by atoms with E-state index in [1.165, 1.54) is 12.1 Å². The van der Waals surface area contributed by atoms with E-state index in [1.807, 2.05) is 48.5 Å². The fourth-order valence-electron chi connectivity index (χ4n) is 2.57. The maximum atomic E-state index is 13.4. The lowest BCUT2D eigenvalue weighted by Gasteiger charge is -2.08. The van der Waals surface area contributed by atoms with Crippen LogP contribution in [0.3, 0.4) is 0 Å². The Morgan fingerprint density at radius 2 is 1.59 bits per heavy atom. The molecule has 0 radical (unpaired) electrons. The Labute approximate surface area is 126 Å². The van der Waals surface area contributed by atoms with Crippen LogP contribution in [0.2, 0.25) is 0 Å². The Bertz CT molecular complexity index is 967. The van der Waals surface area contributed by atoms with Crippen molar-refractivity contribution in [2.45, 2.75) is 0 Å². The highest BCUT2D eigenvalue weighted by Crippen LogP contribution is 2.29. The summed E-state index contributed by atoms with van der Waals surface area (Å²) in [6.07, 6.45) is 1.77. The maximum absolute atomic E-state index is 13.4. The van der Waals surface area contributed by atoms with Gasteiger partial charge in [-0.15, -0.1) is 0 Å². The Kier molecular flexibility index (Phi) is 2.97. The molecule has 4 aromatic rings. The molecule has 0 N–H and O–H groups in total. The van der Waals surface area contributed by atoms with Gasteiger partial charge in [-0.2, -0.15) is 0 Å². The molecule has 3 heteroatoms. The second kappa shape index (κ2) is 5.11. The first-order valence-corrected chi connectivity index (χ1v) is 7.00. The second-order valence-corrected chi connectivity index (χ2v) is 5.09. The highest BCUT2D eigenvalue weighted by atomic mass is 19.1. The van der Waals surface area contributed by atoms with Crippen LogP contribution in [0.15, 0.2) is 72.9 Å². The number of benzene rings is 3. The van der Waals surface area contributed by atoms with Crippen LogP contribution in [0.25, 0.3) is 21.5 Å². The van der Waals surface area contributed by atoms with Crippen molar-refractivity contribution in [3.63, 3.8) is 0 Å². The summed E-state index contributed by atoms with van der Waals surface area (Å²) in [4.78, 5) is 4.33. The maximum Gasteiger partial charge on any atom is 0.219 e. The molecule has 0 unspecified atom stereocenters. The average Bonchev–Trinajstić information content (AvgIpc) is 2.55. The molecule has 2 nitrogen and oxygen atoms in total. The first kappa shape index (κ1) is 12.8. The molecule has 3 aromatic carbocycles. The van der Waals surface area contributed by atoms with Crippen molar-refractivity contribution in [2.75, 3.05) is 0 Å². The first-order chi connectivity index (χ1) is 10.8. The number of hydrogen-bond acceptors (Lipinski definition) is 2. The van der Waals surface area contributed by atoms with Gasteiger partial charge in [0.15, 0.2) is 0 Å². The van der Waals surface area contributed by atoms with Gasteiger partial charge >= 0.3 is 0 Å². The van der Waals surface area contributed by atoms with E-state index < -0.39 is 0 Å². The van der Waals surface area contributed by atoms with E-state index in [2.05, 4.69) is 4.98 Å². The molecular formula is C19H12FNO. The molecule has 0 saturated carbocycles. The molecule has 0 aliphatic rings. The van der Waals surface area contributed by atoms with E-state index in [9.17, 15) is 4.39 Å². The number of rotatable bonds is 2. The van der Waals surface area contributed by atoms with Crippen LogP contribution in [0.5, 0.6) is 11.6 Å². The van der Waals surface area contributed by atoms with Gasteiger partial charge in [0.2, 0.25) is 5.88 Å². The van der Waals surface area contributed by atoms with Crippen LogP contribution in [0.4, 0.5) is 4.39 Å². The highest BCUT2D eigenvalue weighted by Gasteiger charge is 2.05. The van der Waals surface area contributed by atoms with Gasteiger partial charge in [0.25, 0.3) is 0 Å². The zero-order valence-corrected chi connectivity index (χ0v) is 11.7. The van der Waals surface area contributed by atoms with E-state index in [-0.39, 0.29) is 5.82 Å². The van der Waals surface area contributed by atoms with E-state index in [0.29, 0.717) is 5.88 Å². The number of aromatic nitrogens is 1. The van der Waals surface area contributed by atoms with Crippen molar-refractivity contribution in [1.29, 1.82) is 0 Å². The molecule has 1 heterocycles. The Morgan fingerprint density at radius 3 is 2.45 bits per heavy atom. The molecule has 0 amide bonds. The van der Waals surface area contributed by atoms with Crippen molar-refractivity contribution in [3.8, 4) is 11.6 Å². The summed E-state index contributed by atoms with van der Waals surface area (Å²) in [5.41, 5.74) is 0. The largest absolute Gasteiger partial charge is 0.439 e. The van der Waals surface area contributed by atoms with Gasteiger partial charge in [0.05, 0.1) is 0 Å². The average molecular weight is 289 g/mol. The molecule has 4 rings (SSSR count). The molecule has 0 fully saturated rings. The van der Waals surface area contributed by atoms with E-state index in [1.54, 1.807) is 12.3 Å². The summed E-state index contributed by atoms with van der Waals surface area (Å²) in [7, 11) is 0. The van der Waals surface area contributed by atoms with Crippen molar-refractivity contribution < 1.29 is 9.13 Å². The third-order valence-corrected chi connectivity index (χ3v) is 3.62. The zero-order valence-electron chi connectivity index (χ0n) is 11.7. The van der Waals surface area contributed by atoms with Crippen molar-refractivity contribution in [3.05, 3.63) is 78.7 Å². The fraction of sp³-hybridized carbons (Fsp3) is 0. The summed E-state index contributed by atoms with van der Waals surface area (Å²) >= 11 is 0. The van der Waals surface area contributed by atoms with Gasteiger partial charge in [-0.25, -0.2) is 9.37 Å². The molecular weight excluding hydrogens is 277 g/mol. The molecule has 0 aliphatic heterocycles. The zero-order chi connectivity index (χ0) is 14.9. The van der Waals surface area contributed by atoms with Gasteiger partial charge < -0.3 is 4.74 Å². The standard InChI is InChI=1S/C19H12FNO/c20-15-8-9-17-13(10-15)6-7-14-12-21-19(11-18(14)17)22-16-4-2-1-3-5-16/h1-12H. The number of para-hydroxylation sites is 1. The Balaban J connectivity index is 1.86. The van der Waals surface area contributed by atoms with Crippen LogP contribution in [-0.2, 0) is 0 Å². The lowest BCUT2D eigenvalue weighted by molar-refractivity contribution is 0.464. The van der Waals surface area contributed by atoms with E-state index >= 15 is 0 Å². The lowest BCUT2D eigenvalue weighted by atomic mass is 10.0. The normalized spacial score (nSPS) is 11.0. The van der Waals surface area contributed by atoms with Gasteiger partial charge in [0.1, 0.15) is 11.6 Å². The predicted molar refractivity (Wildman–Crippen MR) is 85.7 cm³/mol. The van der Waals surface area contributed by atoms with Gasteiger partial charge in [0, 0.05) is 17.6 Å². The van der Waals surface area contributed by atoms with Gasteiger partial charge in [-0.05, 0) is 40.4 Å². The molecule has 1 aromatic heterocycles. The van der Waals surface area contributed by atoms with Crippen molar-refractivity contribution in [2.24, 2.45) is 0 Å². The Hall–Kier alpha value is -2.94. The minimum Gasteiger partial charge on any atom is -0.439 e. The third kappa shape index (κ3) is 2.27. The smallest absolute Gasteiger partial charge is 0.219 e. The van der Waals surface area contributed by atoms with Crippen LogP contribution in [0.1, 0.15) is 0 Å². The number of ether oxygens (including phenoxy) is 1. The number of nitrogens with zero attached hydrogens (tertiary/aromatic N) is 1. The van der Waals surface area contributed by atoms with Crippen molar-refractivity contribution in [1.82, 2.24) is 4.98 Å². The minimum absolute atomic E-state index is 0.235. The van der Waals surface area contributed by atoms with Crippen LogP contribution in [0, 0.1) is 5.82 Å². The molecule has 0 atom stereocenters. The number of hydrogen-bond donors (Lipinski definition) is 0. The number of pyridine rings is 1. The lowest BCUT2D eigenvalue weighted by Crippen LogP contribution is -1.88. The molecule has 0 saturated heterocycles. The fourth-order valence-corrected chi connectivity index (χ4v) is 2.57.